The fourth-order valence-corrected chi connectivity index (χ4v) is 3.55. The van der Waals surface area contributed by atoms with E-state index in [0.717, 1.165) is 10.8 Å². The maximum Gasteiger partial charge on any atom is 0.178 e. The van der Waals surface area contributed by atoms with E-state index < -0.39 is 9.84 Å². The molecule has 0 bridgehead atoms. The van der Waals surface area contributed by atoms with Crippen LogP contribution in [0.25, 0.3) is 10.8 Å². The molecule has 3 nitrogen and oxygen atoms in total. The maximum atomic E-state index is 12.2. The van der Waals surface area contributed by atoms with Crippen molar-refractivity contribution in [2.75, 3.05) is 5.75 Å². The fourth-order valence-electron chi connectivity index (χ4n) is 2.14. The van der Waals surface area contributed by atoms with Crippen molar-refractivity contribution in [2.24, 2.45) is 0 Å². The zero-order chi connectivity index (χ0) is 14.6. The molecule has 0 aliphatic carbocycles. The number of carbonyl (C=O) groups is 1. The third-order valence-electron chi connectivity index (χ3n) is 3.27. The molecule has 0 amide bonds. The van der Waals surface area contributed by atoms with Crippen molar-refractivity contribution in [3.05, 3.63) is 42.5 Å². The lowest BCUT2D eigenvalue weighted by Gasteiger charge is -2.06. The number of fused-ring (bicyclic) bond motifs is 1. The largest absolute Gasteiger partial charge is 0.300 e. The van der Waals surface area contributed by atoms with E-state index in [-0.39, 0.29) is 11.5 Å². The Balaban J connectivity index is 2.13. The van der Waals surface area contributed by atoms with Crippen LogP contribution in [0.4, 0.5) is 0 Å². The molecule has 0 radical (unpaired) electrons. The molecule has 2 rings (SSSR count). The number of carbonyl (C=O) groups excluding carboxylic acids is 1. The first-order valence-electron chi connectivity index (χ1n) is 6.70. The third-order valence-corrected chi connectivity index (χ3v) is 5.07. The predicted molar refractivity (Wildman–Crippen MR) is 80.5 cm³/mol. The summed E-state index contributed by atoms with van der Waals surface area (Å²) in [6.07, 6.45) is 1.60. The number of rotatable bonds is 6. The van der Waals surface area contributed by atoms with Crippen LogP contribution in [0.3, 0.4) is 0 Å². The van der Waals surface area contributed by atoms with Gasteiger partial charge in [0.05, 0.1) is 10.6 Å². The molecule has 0 aliphatic rings. The lowest BCUT2D eigenvalue weighted by molar-refractivity contribution is -0.117. The van der Waals surface area contributed by atoms with Crippen LogP contribution in [-0.2, 0) is 14.6 Å². The van der Waals surface area contributed by atoms with Gasteiger partial charge in [0.25, 0.3) is 0 Å². The van der Waals surface area contributed by atoms with E-state index in [1.807, 2.05) is 30.3 Å². The Bertz CT molecular complexity index is 717. The molecule has 0 aromatic heterocycles. The molecule has 2 aromatic rings. The van der Waals surface area contributed by atoms with Crippen LogP contribution >= 0.6 is 0 Å². The number of ketones is 1. The van der Waals surface area contributed by atoms with Gasteiger partial charge in [-0.2, -0.15) is 0 Å². The molecule has 0 aliphatic heterocycles. The van der Waals surface area contributed by atoms with Crippen molar-refractivity contribution in [2.45, 2.75) is 31.1 Å². The standard InChI is InChI=1S/C16H18O3S/c1-13(17)6-4-5-11-20(18,19)16-10-9-14-7-2-3-8-15(14)12-16/h2-3,7-10,12H,4-6,11H2,1H3. The summed E-state index contributed by atoms with van der Waals surface area (Å²) < 4.78 is 24.5. The van der Waals surface area contributed by atoms with E-state index in [9.17, 15) is 13.2 Å². The minimum atomic E-state index is -3.26. The van der Waals surface area contributed by atoms with Crippen molar-refractivity contribution < 1.29 is 13.2 Å². The van der Waals surface area contributed by atoms with E-state index in [4.69, 9.17) is 0 Å². The minimum absolute atomic E-state index is 0.0959. The molecule has 0 fully saturated rings. The Hall–Kier alpha value is -1.68. The fraction of sp³-hybridized carbons (Fsp3) is 0.312. The van der Waals surface area contributed by atoms with Crippen LogP contribution in [0, 0.1) is 0 Å². The Morgan fingerprint density at radius 1 is 1.00 bits per heavy atom. The van der Waals surface area contributed by atoms with Crippen LogP contribution in [0.5, 0.6) is 0 Å². The van der Waals surface area contributed by atoms with Crippen LogP contribution in [0.15, 0.2) is 47.4 Å². The SMILES string of the molecule is CC(=O)CCCCS(=O)(=O)c1ccc2ccccc2c1. The number of Topliss-reactive ketones (excluding diaryl/α,β-unsaturated/α-hetero) is 1. The van der Waals surface area contributed by atoms with Gasteiger partial charge >= 0.3 is 0 Å². The molecular formula is C16H18O3S. The van der Waals surface area contributed by atoms with E-state index in [0.29, 0.717) is 24.2 Å². The van der Waals surface area contributed by atoms with E-state index in [1.54, 1.807) is 12.1 Å². The average Bonchev–Trinajstić information content (AvgIpc) is 2.43. The van der Waals surface area contributed by atoms with Crippen LogP contribution in [0.2, 0.25) is 0 Å². The molecule has 0 saturated heterocycles. The molecule has 0 saturated carbocycles. The number of unbranched alkanes of at least 4 members (excludes halogenated alkanes) is 1. The van der Waals surface area contributed by atoms with Gasteiger partial charge in [-0.05, 0) is 42.7 Å². The average molecular weight is 290 g/mol. The molecule has 4 heteroatoms. The second-order valence-corrected chi connectivity index (χ2v) is 7.10. The molecule has 0 spiro atoms. The van der Waals surface area contributed by atoms with Crippen LogP contribution in [0.1, 0.15) is 26.2 Å². The van der Waals surface area contributed by atoms with Gasteiger partial charge in [0.2, 0.25) is 0 Å². The van der Waals surface area contributed by atoms with Gasteiger partial charge in [-0.25, -0.2) is 8.42 Å². The van der Waals surface area contributed by atoms with Gasteiger partial charge in [-0.1, -0.05) is 30.3 Å². The van der Waals surface area contributed by atoms with Gasteiger partial charge in [0.1, 0.15) is 5.78 Å². The molecule has 20 heavy (non-hydrogen) atoms. The van der Waals surface area contributed by atoms with Gasteiger partial charge in [0, 0.05) is 6.42 Å². The van der Waals surface area contributed by atoms with Crippen molar-refractivity contribution in [3.63, 3.8) is 0 Å². The predicted octanol–water partition coefficient (Wildman–Crippen LogP) is 3.37. The molecule has 0 N–H and O–H groups in total. The highest BCUT2D eigenvalue weighted by Crippen LogP contribution is 2.20. The molecule has 0 unspecified atom stereocenters. The van der Waals surface area contributed by atoms with Crippen molar-refractivity contribution >= 4 is 26.4 Å². The Kier molecular flexibility index (Phi) is 4.55. The first-order valence-corrected chi connectivity index (χ1v) is 8.35. The monoisotopic (exact) mass is 290 g/mol. The zero-order valence-corrected chi connectivity index (χ0v) is 12.3. The minimum Gasteiger partial charge on any atom is -0.300 e. The van der Waals surface area contributed by atoms with Crippen molar-refractivity contribution in [1.82, 2.24) is 0 Å². The summed E-state index contributed by atoms with van der Waals surface area (Å²) >= 11 is 0. The summed E-state index contributed by atoms with van der Waals surface area (Å²) in [6.45, 7) is 1.53. The van der Waals surface area contributed by atoms with Crippen LogP contribution in [-0.4, -0.2) is 20.0 Å². The van der Waals surface area contributed by atoms with Crippen LogP contribution < -0.4 is 0 Å². The van der Waals surface area contributed by atoms with Gasteiger partial charge in [-0.15, -0.1) is 0 Å². The molecular weight excluding hydrogens is 272 g/mol. The molecule has 0 atom stereocenters. The molecule has 106 valence electrons. The summed E-state index contributed by atoms with van der Waals surface area (Å²) in [5, 5.41) is 1.96. The van der Waals surface area contributed by atoms with Gasteiger partial charge in [0.15, 0.2) is 9.84 Å². The Morgan fingerprint density at radius 2 is 1.70 bits per heavy atom. The number of hydrogen-bond acceptors (Lipinski definition) is 3. The number of benzene rings is 2. The highest BCUT2D eigenvalue weighted by Gasteiger charge is 2.14. The van der Waals surface area contributed by atoms with Gasteiger partial charge < -0.3 is 4.79 Å². The van der Waals surface area contributed by atoms with E-state index >= 15 is 0 Å². The van der Waals surface area contributed by atoms with Crippen molar-refractivity contribution in [3.8, 4) is 0 Å². The van der Waals surface area contributed by atoms with E-state index in [1.165, 1.54) is 6.92 Å². The summed E-state index contributed by atoms with van der Waals surface area (Å²) in [5.74, 6) is 0.201. The second-order valence-electron chi connectivity index (χ2n) is 4.99. The first-order chi connectivity index (χ1) is 9.49. The molecule has 2 aromatic carbocycles. The summed E-state index contributed by atoms with van der Waals surface area (Å²) in [5.41, 5.74) is 0. The normalized spacial score (nSPS) is 11.7. The lowest BCUT2D eigenvalue weighted by atomic mass is 10.1. The molecule has 0 heterocycles. The zero-order valence-electron chi connectivity index (χ0n) is 11.5. The van der Waals surface area contributed by atoms with Gasteiger partial charge in [-0.3, -0.25) is 0 Å². The third kappa shape index (κ3) is 3.67. The maximum absolute atomic E-state index is 12.2. The quantitative estimate of drug-likeness (QED) is 0.766. The lowest BCUT2D eigenvalue weighted by Crippen LogP contribution is -2.07. The first kappa shape index (κ1) is 14.7. The van der Waals surface area contributed by atoms with Crippen molar-refractivity contribution in [1.29, 1.82) is 0 Å². The Morgan fingerprint density at radius 3 is 2.40 bits per heavy atom. The number of hydrogen-bond donors (Lipinski definition) is 0. The second kappa shape index (κ2) is 6.18. The topological polar surface area (TPSA) is 51.2 Å². The smallest absolute Gasteiger partial charge is 0.178 e. The highest BCUT2D eigenvalue weighted by atomic mass is 32.2. The highest BCUT2D eigenvalue weighted by molar-refractivity contribution is 7.91. The summed E-state index contributed by atoms with van der Waals surface area (Å²) in [4.78, 5) is 11.2. The summed E-state index contributed by atoms with van der Waals surface area (Å²) in [7, 11) is -3.26. The summed E-state index contributed by atoms with van der Waals surface area (Å²) in [6, 6.07) is 12.9. The number of sulfone groups is 1. The van der Waals surface area contributed by atoms with E-state index in [2.05, 4.69) is 0 Å². The Labute approximate surface area is 119 Å².